The van der Waals surface area contributed by atoms with Gasteiger partial charge in [0.1, 0.15) is 16.4 Å². The second kappa shape index (κ2) is 4.47. The lowest BCUT2D eigenvalue weighted by Gasteiger charge is -2.08. The van der Waals surface area contributed by atoms with Gasteiger partial charge in [-0.25, -0.2) is 13.8 Å². The Kier molecular flexibility index (Phi) is 3.51. The molecular formula is C7H5BrF2N2O3. The van der Waals surface area contributed by atoms with Crippen molar-refractivity contribution in [3.05, 3.63) is 26.5 Å². The van der Waals surface area contributed by atoms with E-state index in [-0.39, 0.29) is 10.2 Å². The maximum Gasteiger partial charge on any atom is 0.305 e. The van der Waals surface area contributed by atoms with Crippen LogP contribution in [-0.4, -0.2) is 17.0 Å². The first-order chi connectivity index (χ1) is 6.99. The molecule has 1 heterocycles. The van der Waals surface area contributed by atoms with Crippen molar-refractivity contribution in [1.82, 2.24) is 4.98 Å². The standard InChI is InChI=1S/C7H5BrF2N2O3/c1-15-6-4(8)3(12(13)14)2-11-5(6)7(9)10/h2,7H,1H3. The molecule has 15 heavy (non-hydrogen) atoms. The number of methoxy groups -OCH3 is 1. The van der Waals surface area contributed by atoms with E-state index in [1.165, 1.54) is 0 Å². The van der Waals surface area contributed by atoms with Crippen LogP contribution in [0, 0.1) is 10.1 Å². The lowest BCUT2D eigenvalue weighted by atomic mass is 10.3. The Labute approximate surface area is 91.3 Å². The molecule has 0 spiro atoms. The van der Waals surface area contributed by atoms with Crippen LogP contribution in [0.5, 0.6) is 5.75 Å². The quantitative estimate of drug-likeness (QED) is 0.632. The lowest BCUT2D eigenvalue weighted by molar-refractivity contribution is -0.386. The summed E-state index contributed by atoms with van der Waals surface area (Å²) in [5, 5.41) is 10.5. The van der Waals surface area contributed by atoms with Gasteiger partial charge >= 0.3 is 5.69 Å². The van der Waals surface area contributed by atoms with Crippen molar-refractivity contribution in [2.24, 2.45) is 0 Å². The highest BCUT2D eigenvalue weighted by Gasteiger charge is 2.25. The van der Waals surface area contributed by atoms with Gasteiger partial charge in [0.15, 0.2) is 5.75 Å². The predicted molar refractivity (Wildman–Crippen MR) is 50.1 cm³/mol. The molecule has 0 radical (unpaired) electrons. The van der Waals surface area contributed by atoms with Crippen LogP contribution in [-0.2, 0) is 0 Å². The molecule has 8 heteroatoms. The van der Waals surface area contributed by atoms with Crippen LogP contribution < -0.4 is 4.74 Å². The highest BCUT2D eigenvalue weighted by Crippen LogP contribution is 2.38. The van der Waals surface area contributed by atoms with Crippen molar-refractivity contribution in [2.45, 2.75) is 6.43 Å². The van der Waals surface area contributed by atoms with Gasteiger partial charge in [-0.15, -0.1) is 0 Å². The molecule has 0 aliphatic carbocycles. The third kappa shape index (κ3) is 2.20. The Morgan fingerprint density at radius 2 is 2.27 bits per heavy atom. The molecule has 0 bridgehead atoms. The summed E-state index contributed by atoms with van der Waals surface area (Å²) in [5.41, 5.74) is -1.05. The Balaban J connectivity index is 3.39. The van der Waals surface area contributed by atoms with Crippen LogP contribution in [0.3, 0.4) is 0 Å². The maximum atomic E-state index is 12.4. The fraction of sp³-hybridized carbons (Fsp3) is 0.286. The molecule has 0 saturated heterocycles. The largest absolute Gasteiger partial charge is 0.493 e. The molecule has 0 aliphatic heterocycles. The Bertz CT molecular complexity index is 400. The number of halogens is 3. The second-order valence-electron chi connectivity index (χ2n) is 2.43. The van der Waals surface area contributed by atoms with Gasteiger partial charge in [-0.1, -0.05) is 0 Å². The van der Waals surface area contributed by atoms with Gasteiger partial charge in [0.05, 0.1) is 12.0 Å². The van der Waals surface area contributed by atoms with Crippen molar-refractivity contribution >= 4 is 21.6 Å². The normalized spacial score (nSPS) is 10.5. The fourth-order valence-electron chi connectivity index (χ4n) is 0.952. The van der Waals surface area contributed by atoms with Gasteiger partial charge in [-0.2, -0.15) is 0 Å². The minimum atomic E-state index is -2.85. The van der Waals surface area contributed by atoms with E-state index in [1.54, 1.807) is 0 Å². The monoisotopic (exact) mass is 282 g/mol. The molecule has 0 saturated carbocycles. The SMILES string of the molecule is COc1c(C(F)F)ncc([N+](=O)[O-])c1Br. The lowest BCUT2D eigenvalue weighted by Crippen LogP contribution is -2.00. The number of alkyl halides is 2. The molecule has 0 aromatic carbocycles. The Morgan fingerprint density at radius 1 is 1.67 bits per heavy atom. The number of hydrogen-bond donors (Lipinski definition) is 0. The molecule has 1 rings (SSSR count). The van der Waals surface area contributed by atoms with Crippen LogP contribution in [0.2, 0.25) is 0 Å². The molecule has 0 atom stereocenters. The number of aromatic nitrogens is 1. The van der Waals surface area contributed by atoms with Gasteiger partial charge in [-0.3, -0.25) is 10.1 Å². The van der Waals surface area contributed by atoms with Gasteiger partial charge in [0.25, 0.3) is 6.43 Å². The van der Waals surface area contributed by atoms with E-state index in [0.29, 0.717) is 0 Å². The Hall–Kier alpha value is -1.31. The molecular weight excluding hydrogens is 278 g/mol. The second-order valence-corrected chi connectivity index (χ2v) is 3.23. The summed E-state index contributed by atoms with van der Waals surface area (Å²) in [5.74, 6) is -0.320. The van der Waals surface area contributed by atoms with E-state index < -0.39 is 22.7 Å². The predicted octanol–water partition coefficient (Wildman–Crippen LogP) is 2.70. The third-order valence-corrected chi connectivity index (χ3v) is 2.36. The van der Waals surface area contributed by atoms with Crippen LogP contribution in [0.1, 0.15) is 12.1 Å². The summed E-state index contributed by atoms with van der Waals surface area (Å²) in [6.45, 7) is 0. The summed E-state index contributed by atoms with van der Waals surface area (Å²) in [7, 11) is 1.14. The maximum absolute atomic E-state index is 12.4. The molecule has 5 nitrogen and oxygen atoms in total. The molecule has 0 amide bonds. The number of pyridine rings is 1. The van der Waals surface area contributed by atoms with Gasteiger partial charge in [0, 0.05) is 0 Å². The van der Waals surface area contributed by atoms with E-state index in [9.17, 15) is 18.9 Å². The van der Waals surface area contributed by atoms with Crippen LogP contribution in [0.15, 0.2) is 10.7 Å². The zero-order valence-corrected chi connectivity index (χ0v) is 8.99. The van der Waals surface area contributed by atoms with Gasteiger partial charge < -0.3 is 4.74 Å². The van der Waals surface area contributed by atoms with Crippen molar-refractivity contribution in [1.29, 1.82) is 0 Å². The summed E-state index contributed by atoms with van der Waals surface area (Å²) >= 11 is 2.82. The zero-order chi connectivity index (χ0) is 11.6. The van der Waals surface area contributed by atoms with E-state index in [1.807, 2.05) is 0 Å². The smallest absolute Gasteiger partial charge is 0.305 e. The molecule has 0 N–H and O–H groups in total. The van der Waals surface area contributed by atoms with Gasteiger partial charge in [0.2, 0.25) is 0 Å². The first-order valence-corrected chi connectivity index (χ1v) is 4.43. The third-order valence-electron chi connectivity index (χ3n) is 1.59. The summed E-state index contributed by atoms with van der Waals surface area (Å²) in [4.78, 5) is 13.0. The van der Waals surface area contributed by atoms with Crippen molar-refractivity contribution < 1.29 is 18.4 Å². The van der Waals surface area contributed by atoms with Crippen LogP contribution in [0.25, 0.3) is 0 Å². The molecule has 1 aromatic heterocycles. The van der Waals surface area contributed by atoms with E-state index >= 15 is 0 Å². The number of nitrogens with zero attached hydrogens (tertiary/aromatic N) is 2. The van der Waals surface area contributed by atoms with Crippen molar-refractivity contribution in [3.8, 4) is 5.75 Å². The van der Waals surface area contributed by atoms with E-state index in [2.05, 4.69) is 25.7 Å². The zero-order valence-electron chi connectivity index (χ0n) is 7.41. The Morgan fingerprint density at radius 3 is 2.67 bits per heavy atom. The van der Waals surface area contributed by atoms with E-state index in [4.69, 9.17) is 0 Å². The molecule has 0 fully saturated rings. The first-order valence-electron chi connectivity index (χ1n) is 3.64. The number of rotatable bonds is 3. The molecule has 0 unspecified atom stereocenters. The highest BCUT2D eigenvalue weighted by atomic mass is 79.9. The van der Waals surface area contributed by atoms with Gasteiger partial charge in [-0.05, 0) is 15.9 Å². The fourth-order valence-corrected chi connectivity index (χ4v) is 1.56. The molecule has 0 aliphatic rings. The van der Waals surface area contributed by atoms with Crippen LogP contribution >= 0.6 is 15.9 Å². The summed E-state index contributed by atoms with van der Waals surface area (Å²) < 4.78 is 29.3. The summed E-state index contributed by atoms with van der Waals surface area (Å²) in [6.07, 6.45) is -2.09. The van der Waals surface area contributed by atoms with Crippen molar-refractivity contribution in [2.75, 3.05) is 7.11 Å². The molecule has 1 aromatic rings. The number of hydrogen-bond acceptors (Lipinski definition) is 4. The van der Waals surface area contributed by atoms with Crippen LogP contribution in [0.4, 0.5) is 14.5 Å². The average molecular weight is 283 g/mol. The number of ether oxygens (including phenoxy) is 1. The highest BCUT2D eigenvalue weighted by molar-refractivity contribution is 9.10. The minimum absolute atomic E-state index is 0.139. The molecule has 82 valence electrons. The first kappa shape index (κ1) is 11.8. The average Bonchev–Trinajstić information content (AvgIpc) is 2.16. The van der Waals surface area contributed by atoms with Crippen molar-refractivity contribution in [3.63, 3.8) is 0 Å². The summed E-state index contributed by atoms with van der Waals surface area (Å²) in [6, 6.07) is 0. The topological polar surface area (TPSA) is 65.3 Å². The van der Waals surface area contributed by atoms with E-state index in [0.717, 1.165) is 13.3 Å². The minimum Gasteiger partial charge on any atom is -0.493 e. The number of nitro groups is 1.